The average Bonchev–Trinajstić information content (AvgIpc) is 3.83. The molecule has 4 aromatic rings. The lowest BCUT2D eigenvalue weighted by Crippen LogP contribution is -2.58. The van der Waals surface area contributed by atoms with Gasteiger partial charge in [0.05, 0.1) is 25.7 Å². The van der Waals surface area contributed by atoms with Crippen LogP contribution in [0.5, 0.6) is 0 Å². The summed E-state index contributed by atoms with van der Waals surface area (Å²) >= 11 is 0. The number of fused-ring (bicyclic) bond motifs is 2. The number of nitrogens with one attached hydrogen (secondary N) is 6. The first-order valence-corrected chi connectivity index (χ1v) is 22.0. The van der Waals surface area contributed by atoms with Crippen molar-refractivity contribution in [3.05, 3.63) is 66.7 Å². The zero-order valence-electron chi connectivity index (χ0n) is 33.0. The summed E-state index contributed by atoms with van der Waals surface area (Å²) in [5.41, 5.74) is 2.74. The Balaban J connectivity index is 1.26. The molecule has 4 heterocycles. The predicted octanol–water partition coefficient (Wildman–Crippen LogP) is 0.700. The number of aliphatic carboxylic acids is 1. The highest BCUT2D eigenvalue weighted by molar-refractivity contribution is 8.76. The maximum atomic E-state index is 14.0. The van der Waals surface area contributed by atoms with Gasteiger partial charge in [0.2, 0.25) is 35.4 Å². The number of H-pyrrole nitrogens is 1. The first kappa shape index (κ1) is 44.5. The van der Waals surface area contributed by atoms with Gasteiger partial charge in [-0.3, -0.25) is 33.6 Å². The monoisotopic (exact) mass is 851 g/mol. The summed E-state index contributed by atoms with van der Waals surface area (Å²) in [7, 11) is 2.91. The molecular formula is C39H51N10O8S2+. The Morgan fingerprint density at radius 2 is 1.68 bits per heavy atom. The number of benzene rings is 1. The highest BCUT2D eigenvalue weighted by Crippen LogP contribution is 2.22. The molecule has 5 rings (SSSR count). The standard InChI is InChI=1S/C39H50N10O8S2/c1-25-39(57)48(17-12-27-23-41-29-9-4-3-8-28(27)29)26(2)36(54)40-15-21-59-58-20-13-32(50)45-30(10-5-6-16-47-18-19-49-34(47)11-7-14-43-49)37(55)42-24-33(51)46-31(22-35(52)53)38(56)44-25/h3-4,7-9,11,14,18-19,23,25-26,30-31,41H,5-6,10,12-13,15-17,20-22,24H2,1-2H3,(H5-,40,42,44,45,46,50,51,52,53,54,55,56)/p+1. The summed E-state index contributed by atoms with van der Waals surface area (Å²) in [4.78, 5) is 96.6. The molecule has 0 bridgehead atoms. The highest BCUT2D eigenvalue weighted by Gasteiger charge is 2.32. The van der Waals surface area contributed by atoms with Gasteiger partial charge in [0.25, 0.3) is 0 Å². The first-order valence-electron chi connectivity index (χ1n) is 19.5. The normalized spacial score (nSPS) is 21.4. The molecule has 1 fully saturated rings. The Hall–Kier alpha value is -5.63. The van der Waals surface area contributed by atoms with Crippen molar-refractivity contribution in [3.63, 3.8) is 0 Å². The molecule has 0 radical (unpaired) electrons. The summed E-state index contributed by atoms with van der Waals surface area (Å²) in [6.45, 7) is 3.46. The topological polar surface area (TPSA) is 240 Å². The molecule has 1 saturated heterocycles. The number of imidazole rings is 1. The van der Waals surface area contributed by atoms with Crippen molar-refractivity contribution in [1.82, 2.24) is 46.1 Å². The van der Waals surface area contributed by atoms with E-state index in [2.05, 4.69) is 36.7 Å². The summed E-state index contributed by atoms with van der Waals surface area (Å²) in [5, 5.41) is 27.8. The Kier molecular flexibility index (Phi) is 16.5. The molecule has 6 amide bonds. The van der Waals surface area contributed by atoms with Crippen molar-refractivity contribution in [2.75, 3.05) is 31.1 Å². The second-order valence-electron chi connectivity index (χ2n) is 14.1. The molecule has 316 valence electrons. The minimum Gasteiger partial charge on any atom is -0.481 e. The van der Waals surface area contributed by atoms with Gasteiger partial charge < -0.3 is 41.6 Å². The van der Waals surface area contributed by atoms with Crippen LogP contribution in [-0.2, 0) is 46.5 Å². The van der Waals surface area contributed by atoms with Gasteiger partial charge in [0.15, 0.2) is 6.20 Å². The Bertz CT molecular complexity index is 2130. The van der Waals surface area contributed by atoms with E-state index in [0.29, 0.717) is 37.3 Å². The molecule has 4 atom stereocenters. The van der Waals surface area contributed by atoms with E-state index in [0.717, 1.165) is 22.1 Å². The number of para-hydroxylation sites is 1. The van der Waals surface area contributed by atoms with Crippen LogP contribution in [0.2, 0.25) is 0 Å². The zero-order valence-corrected chi connectivity index (χ0v) is 34.6. The van der Waals surface area contributed by atoms with Crippen LogP contribution in [0.15, 0.2) is 61.2 Å². The quantitative estimate of drug-likeness (QED) is 0.0666. The van der Waals surface area contributed by atoms with Crippen molar-refractivity contribution >= 4 is 79.6 Å². The van der Waals surface area contributed by atoms with Gasteiger partial charge in [-0.25, -0.2) is 4.57 Å². The number of carboxylic acid groups (broad SMARTS) is 1. The van der Waals surface area contributed by atoms with E-state index in [9.17, 15) is 38.7 Å². The number of nitrogens with zero attached hydrogens (tertiary/aromatic N) is 4. The third kappa shape index (κ3) is 12.9. The van der Waals surface area contributed by atoms with Crippen LogP contribution in [-0.4, -0.2) is 121 Å². The molecule has 0 spiro atoms. The minimum absolute atomic E-state index is 0.114. The molecule has 4 unspecified atom stereocenters. The van der Waals surface area contributed by atoms with Gasteiger partial charge in [-0.2, -0.15) is 0 Å². The summed E-state index contributed by atoms with van der Waals surface area (Å²) in [6, 6.07) is 6.75. The van der Waals surface area contributed by atoms with Crippen LogP contribution in [0.25, 0.3) is 16.6 Å². The van der Waals surface area contributed by atoms with Crippen LogP contribution < -0.4 is 31.2 Å². The lowest BCUT2D eigenvalue weighted by molar-refractivity contribution is -0.671. The van der Waals surface area contributed by atoms with Gasteiger partial charge in [0, 0.05) is 54.2 Å². The van der Waals surface area contributed by atoms with E-state index in [-0.39, 0.29) is 31.8 Å². The van der Waals surface area contributed by atoms with E-state index in [1.165, 1.54) is 33.4 Å². The third-order valence-electron chi connectivity index (χ3n) is 9.82. The van der Waals surface area contributed by atoms with Gasteiger partial charge in [-0.15, -0.1) is 4.52 Å². The molecule has 1 aromatic carbocycles. The van der Waals surface area contributed by atoms with E-state index in [1.54, 1.807) is 17.6 Å². The Morgan fingerprint density at radius 1 is 0.898 bits per heavy atom. The van der Waals surface area contributed by atoms with Crippen molar-refractivity contribution in [2.45, 2.75) is 83.1 Å². The number of rotatable bonds is 10. The number of unbranched alkanes of at least 4 members (excludes halogenated alkanes) is 1. The summed E-state index contributed by atoms with van der Waals surface area (Å²) < 4.78 is 3.77. The van der Waals surface area contributed by atoms with Crippen LogP contribution in [0, 0.1) is 0 Å². The number of aromatic nitrogens is 4. The van der Waals surface area contributed by atoms with Crippen molar-refractivity contribution in [2.24, 2.45) is 0 Å². The molecular weight excluding hydrogens is 801 g/mol. The SMILES string of the molecule is CC1NC(=O)C(CC(=O)O)NC(=O)CNC(=O)C(CCCC[n+]2ccn3ncccc32)NC(=O)CCSSCCNC(=O)C(C)N(CCc2c[nH]c3ccccc23)C1=O. The molecule has 18 nitrogen and oxygen atoms in total. The van der Waals surface area contributed by atoms with Gasteiger partial charge in [0.1, 0.15) is 30.4 Å². The fourth-order valence-electron chi connectivity index (χ4n) is 6.67. The molecule has 1 aliphatic rings. The molecule has 0 aliphatic carbocycles. The third-order valence-corrected chi connectivity index (χ3v) is 12.2. The fraction of sp³-hybridized carbons (Fsp3) is 0.462. The number of hydrogen-bond donors (Lipinski definition) is 7. The van der Waals surface area contributed by atoms with Crippen LogP contribution >= 0.6 is 21.6 Å². The minimum atomic E-state index is -1.60. The molecule has 1 aliphatic heterocycles. The largest absolute Gasteiger partial charge is 0.481 e. The average molecular weight is 852 g/mol. The zero-order chi connectivity index (χ0) is 42.3. The smallest absolute Gasteiger partial charge is 0.307 e. The van der Waals surface area contributed by atoms with E-state index in [1.807, 2.05) is 59.6 Å². The van der Waals surface area contributed by atoms with Crippen LogP contribution in [0.1, 0.15) is 51.5 Å². The summed E-state index contributed by atoms with van der Waals surface area (Å²) in [5.74, 6) is -4.20. The highest BCUT2D eigenvalue weighted by atomic mass is 33.1. The number of carbonyl (C=O) groups is 7. The van der Waals surface area contributed by atoms with Gasteiger partial charge >= 0.3 is 11.6 Å². The second-order valence-corrected chi connectivity index (χ2v) is 16.8. The maximum Gasteiger partial charge on any atom is 0.307 e. The van der Waals surface area contributed by atoms with Crippen molar-refractivity contribution in [3.8, 4) is 0 Å². The molecule has 20 heteroatoms. The molecule has 3 aromatic heterocycles. The van der Waals surface area contributed by atoms with Crippen molar-refractivity contribution in [1.29, 1.82) is 0 Å². The Labute approximate surface area is 348 Å². The second kappa shape index (κ2) is 21.9. The number of amides is 6. The van der Waals surface area contributed by atoms with Crippen molar-refractivity contribution < 1.29 is 43.2 Å². The first-order chi connectivity index (χ1) is 28.4. The fourth-order valence-corrected chi connectivity index (χ4v) is 8.56. The lowest BCUT2D eigenvalue weighted by Gasteiger charge is -2.31. The van der Waals surface area contributed by atoms with E-state index in [4.69, 9.17) is 0 Å². The molecule has 0 saturated carbocycles. The number of carboxylic acids is 1. The summed E-state index contributed by atoms with van der Waals surface area (Å²) in [6.07, 6.45) is 8.48. The number of carbonyl (C=O) groups excluding carboxylic acids is 6. The van der Waals surface area contributed by atoms with Crippen LogP contribution in [0.3, 0.4) is 0 Å². The Morgan fingerprint density at radius 3 is 2.49 bits per heavy atom. The van der Waals surface area contributed by atoms with E-state index < -0.39 is 72.6 Å². The maximum absolute atomic E-state index is 14.0. The van der Waals surface area contributed by atoms with E-state index >= 15 is 0 Å². The number of aryl methyl sites for hydroxylation is 1. The van der Waals surface area contributed by atoms with Gasteiger partial charge in [-0.1, -0.05) is 44.9 Å². The number of hydrogen-bond acceptors (Lipinski definition) is 10. The lowest BCUT2D eigenvalue weighted by atomic mass is 10.1. The van der Waals surface area contributed by atoms with Crippen LogP contribution in [0.4, 0.5) is 0 Å². The molecule has 59 heavy (non-hydrogen) atoms. The van der Waals surface area contributed by atoms with Gasteiger partial charge in [-0.05, 0) is 57.2 Å². The number of aromatic amines is 1. The predicted molar refractivity (Wildman–Crippen MR) is 222 cm³/mol. The molecule has 7 N–H and O–H groups in total.